The SMILES string of the molecule is COc1nc(CNC(=O)C=Cc2ccco2)nc(N2CCCCC2)n1. The summed E-state index contributed by atoms with van der Waals surface area (Å²) in [5, 5.41) is 2.75. The molecule has 3 heterocycles. The second-order valence-electron chi connectivity index (χ2n) is 5.65. The number of carbonyl (C=O) groups excluding carboxylic acids is 1. The number of carbonyl (C=O) groups is 1. The summed E-state index contributed by atoms with van der Waals surface area (Å²) in [5.74, 6) is 1.42. The summed E-state index contributed by atoms with van der Waals surface area (Å²) in [5.41, 5.74) is 0. The van der Waals surface area contributed by atoms with E-state index in [0.717, 1.165) is 25.9 Å². The topological polar surface area (TPSA) is 93.4 Å². The van der Waals surface area contributed by atoms with Crippen molar-refractivity contribution in [3.05, 3.63) is 36.1 Å². The van der Waals surface area contributed by atoms with Crippen LogP contribution in [0.25, 0.3) is 6.08 Å². The molecule has 8 nitrogen and oxygen atoms in total. The molecule has 0 radical (unpaired) electrons. The smallest absolute Gasteiger partial charge is 0.321 e. The summed E-state index contributed by atoms with van der Waals surface area (Å²) in [6.45, 7) is 2.04. The number of anilines is 1. The lowest BCUT2D eigenvalue weighted by Crippen LogP contribution is -2.32. The third kappa shape index (κ3) is 4.79. The van der Waals surface area contributed by atoms with Crippen molar-refractivity contribution >= 4 is 17.9 Å². The minimum Gasteiger partial charge on any atom is -0.467 e. The van der Waals surface area contributed by atoms with Gasteiger partial charge < -0.3 is 19.4 Å². The van der Waals surface area contributed by atoms with Crippen molar-refractivity contribution in [2.75, 3.05) is 25.1 Å². The molecule has 25 heavy (non-hydrogen) atoms. The number of aromatic nitrogens is 3. The maximum atomic E-state index is 11.9. The van der Waals surface area contributed by atoms with E-state index in [4.69, 9.17) is 9.15 Å². The number of hydrogen-bond donors (Lipinski definition) is 1. The predicted molar refractivity (Wildman–Crippen MR) is 92.0 cm³/mol. The van der Waals surface area contributed by atoms with Crippen LogP contribution in [-0.2, 0) is 11.3 Å². The summed E-state index contributed by atoms with van der Waals surface area (Å²) >= 11 is 0. The number of methoxy groups -OCH3 is 1. The molecule has 1 N–H and O–H groups in total. The lowest BCUT2D eigenvalue weighted by molar-refractivity contribution is -0.116. The first-order valence-electron chi connectivity index (χ1n) is 8.28. The normalized spacial score (nSPS) is 14.7. The Labute approximate surface area is 145 Å². The van der Waals surface area contributed by atoms with Crippen molar-refractivity contribution in [1.82, 2.24) is 20.3 Å². The Hall–Kier alpha value is -2.90. The fraction of sp³-hybridized carbons (Fsp3) is 0.412. The molecule has 8 heteroatoms. The van der Waals surface area contributed by atoms with Gasteiger partial charge in [-0.3, -0.25) is 4.79 Å². The van der Waals surface area contributed by atoms with Gasteiger partial charge in [-0.2, -0.15) is 15.0 Å². The third-order valence-electron chi connectivity index (χ3n) is 3.83. The van der Waals surface area contributed by atoms with Gasteiger partial charge in [0.25, 0.3) is 0 Å². The number of amides is 1. The average Bonchev–Trinajstić information content (AvgIpc) is 3.19. The molecule has 1 aliphatic rings. The van der Waals surface area contributed by atoms with Crippen LogP contribution in [0.15, 0.2) is 28.9 Å². The highest BCUT2D eigenvalue weighted by Crippen LogP contribution is 2.17. The fourth-order valence-electron chi connectivity index (χ4n) is 2.56. The second kappa shape index (κ2) is 8.27. The molecule has 0 aromatic carbocycles. The minimum atomic E-state index is -0.254. The predicted octanol–water partition coefficient (Wildman–Crippen LogP) is 1.79. The molecule has 1 saturated heterocycles. The van der Waals surface area contributed by atoms with E-state index in [1.165, 1.54) is 19.6 Å². The minimum absolute atomic E-state index is 0.195. The van der Waals surface area contributed by atoms with E-state index in [2.05, 4.69) is 25.2 Å². The van der Waals surface area contributed by atoms with Crippen LogP contribution in [0.4, 0.5) is 5.95 Å². The largest absolute Gasteiger partial charge is 0.467 e. The number of hydrogen-bond acceptors (Lipinski definition) is 7. The zero-order chi connectivity index (χ0) is 17.5. The number of nitrogens with zero attached hydrogens (tertiary/aromatic N) is 4. The third-order valence-corrected chi connectivity index (χ3v) is 3.83. The molecular weight excluding hydrogens is 322 g/mol. The van der Waals surface area contributed by atoms with Gasteiger partial charge in [-0.25, -0.2) is 0 Å². The fourth-order valence-corrected chi connectivity index (χ4v) is 2.56. The Morgan fingerprint density at radius 3 is 2.88 bits per heavy atom. The molecule has 3 rings (SSSR count). The van der Waals surface area contributed by atoms with Crippen LogP contribution < -0.4 is 15.0 Å². The standard InChI is InChI=1S/C17H21N5O3/c1-24-17-20-14(19-16(21-17)22-9-3-2-4-10-22)12-18-15(23)8-7-13-6-5-11-25-13/h5-8,11H,2-4,9-10,12H2,1H3,(H,18,23). The molecule has 2 aromatic rings. The summed E-state index contributed by atoms with van der Waals surface area (Å²) in [6, 6.07) is 3.79. The highest BCUT2D eigenvalue weighted by atomic mass is 16.5. The molecule has 0 aliphatic carbocycles. The van der Waals surface area contributed by atoms with E-state index in [9.17, 15) is 4.79 Å². The quantitative estimate of drug-likeness (QED) is 0.799. The summed E-state index contributed by atoms with van der Waals surface area (Å²) in [6.07, 6.45) is 8.03. The molecular formula is C17H21N5O3. The van der Waals surface area contributed by atoms with Gasteiger partial charge >= 0.3 is 6.01 Å². The zero-order valence-corrected chi connectivity index (χ0v) is 14.1. The van der Waals surface area contributed by atoms with Crippen LogP contribution >= 0.6 is 0 Å². The van der Waals surface area contributed by atoms with Crippen molar-refractivity contribution < 1.29 is 13.9 Å². The van der Waals surface area contributed by atoms with E-state index >= 15 is 0 Å². The monoisotopic (exact) mass is 343 g/mol. The van der Waals surface area contributed by atoms with Gasteiger partial charge in [0.1, 0.15) is 5.76 Å². The second-order valence-corrected chi connectivity index (χ2v) is 5.65. The zero-order valence-electron chi connectivity index (χ0n) is 14.1. The van der Waals surface area contributed by atoms with E-state index < -0.39 is 0 Å². The molecule has 2 aromatic heterocycles. The first-order valence-corrected chi connectivity index (χ1v) is 8.28. The van der Waals surface area contributed by atoms with Gasteiger partial charge in [-0.05, 0) is 37.5 Å². The molecule has 132 valence electrons. The van der Waals surface area contributed by atoms with Crippen LogP contribution in [0.3, 0.4) is 0 Å². The molecule has 1 amide bonds. The van der Waals surface area contributed by atoms with E-state index in [0.29, 0.717) is 17.5 Å². The molecule has 0 bridgehead atoms. The van der Waals surface area contributed by atoms with Crippen LogP contribution in [0, 0.1) is 0 Å². The van der Waals surface area contributed by atoms with Crippen molar-refractivity contribution in [2.45, 2.75) is 25.8 Å². The Balaban J connectivity index is 1.63. The first-order chi connectivity index (χ1) is 12.2. The Morgan fingerprint density at radius 1 is 1.32 bits per heavy atom. The van der Waals surface area contributed by atoms with Crippen LogP contribution in [-0.4, -0.2) is 41.1 Å². The Bertz CT molecular complexity index is 724. The highest BCUT2D eigenvalue weighted by molar-refractivity contribution is 5.91. The van der Waals surface area contributed by atoms with E-state index in [1.807, 2.05) is 0 Å². The van der Waals surface area contributed by atoms with Crippen molar-refractivity contribution in [3.8, 4) is 6.01 Å². The number of nitrogens with one attached hydrogen (secondary N) is 1. The number of piperidine rings is 1. The van der Waals surface area contributed by atoms with Gasteiger partial charge in [-0.15, -0.1) is 0 Å². The van der Waals surface area contributed by atoms with Gasteiger partial charge in [0.2, 0.25) is 11.9 Å². The maximum Gasteiger partial charge on any atom is 0.321 e. The Kier molecular flexibility index (Phi) is 5.61. The first kappa shape index (κ1) is 16.9. The molecule has 0 saturated carbocycles. The molecule has 1 fully saturated rings. The number of ether oxygens (including phenoxy) is 1. The van der Waals surface area contributed by atoms with Crippen LogP contribution in [0.5, 0.6) is 6.01 Å². The molecule has 1 aliphatic heterocycles. The van der Waals surface area contributed by atoms with Crippen molar-refractivity contribution in [3.63, 3.8) is 0 Å². The summed E-state index contributed by atoms with van der Waals surface area (Å²) in [4.78, 5) is 27.0. The van der Waals surface area contributed by atoms with Gasteiger partial charge in [0.05, 0.1) is 19.9 Å². The van der Waals surface area contributed by atoms with Gasteiger partial charge in [0.15, 0.2) is 5.82 Å². The average molecular weight is 343 g/mol. The maximum absolute atomic E-state index is 11.9. The summed E-state index contributed by atoms with van der Waals surface area (Å²) < 4.78 is 10.3. The molecule has 0 atom stereocenters. The van der Waals surface area contributed by atoms with Crippen molar-refractivity contribution in [1.29, 1.82) is 0 Å². The number of furan rings is 1. The summed E-state index contributed by atoms with van der Waals surface area (Å²) in [7, 11) is 1.52. The lowest BCUT2D eigenvalue weighted by Gasteiger charge is -2.26. The van der Waals surface area contributed by atoms with Gasteiger partial charge in [-0.1, -0.05) is 0 Å². The lowest BCUT2D eigenvalue weighted by atomic mass is 10.1. The molecule has 0 spiro atoms. The number of rotatable bonds is 6. The Morgan fingerprint density at radius 2 is 2.16 bits per heavy atom. The van der Waals surface area contributed by atoms with E-state index in [1.54, 1.807) is 24.5 Å². The van der Waals surface area contributed by atoms with Crippen LogP contribution in [0.2, 0.25) is 0 Å². The van der Waals surface area contributed by atoms with Crippen LogP contribution in [0.1, 0.15) is 30.8 Å². The van der Waals surface area contributed by atoms with Crippen molar-refractivity contribution in [2.24, 2.45) is 0 Å². The van der Waals surface area contributed by atoms with Gasteiger partial charge in [0, 0.05) is 19.2 Å². The van der Waals surface area contributed by atoms with E-state index in [-0.39, 0.29) is 18.5 Å². The highest BCUT2D eigenvalue weighted by Gasteiger charge is 2.16. The molecule has 0 unspecified atom stereocenters.